The Morgan fingerprint density at radius 1 is 1.39 bits per heavy atom. The van der Waals surface area contributed by atoms with E-state index in [2.05, 4.69) is 71.0 Å². The fourth-order valence-corrected chi connectivity index (χ4v) is 4.65. The van der Waals surface area contributed by atoms with E-state index >= 15 is 0 Å². The summed E-state index contributed by atoms with van der Waals surface area (Å²) in [6, 6.07) is 2.58. The molecule has 0 saturated carbocycles. The topological polar surface area (TPSA) is 64.1 Å². The second-order valence-corrected chi connectivity index (χ2v) is 8.64. The molecular formula is C22H29N5S. The van der Waals surface area contributed by atoms with E-state index in [-0.39, 0.29) is 24.0 Å². The van der Waals surface area contributed by atoms with Crippen molar-refractivity contribution >= 4 is 29.4 Å². The average Bonchev–Trinajstić information content (AvgIpc) is 2.98. The molecular weight excluding hydrogens is 366 g/mol. The minimum Gasteiger partial charge on any atom is -0.292 e. The Labute approximate surface area is 172 Å². The third kappa shape index (κ3) is 5.52. The normalized spacial score (nSPS) is 32.2. The zero-order chi connectivity index (χ0) is 19.9. The van der Waals surface area contributed by atoms with Crippen molar-refractivity contribution < 1.29 is 0 Å². The number of hydrogen-bond acceptors (Lipinski definition) is 6. The Bertz CT molecular complexity index is 783. The number of hydrogen-bond donors (Lipinski definition) is 0. The molecule has 2 unspecified atom stereocenters. The van der Waals surface area contributed by atoms with Crippen LogP contribution in [0, 0.1) is 11.3 Å². The zero-order valence-corrected chi connectivity index (χ0v) is 17.8. The van der Waals surface area contributed by atoms with Crippen LogP contribution in [0.2, 0.25) is 0 Å². The summed E-state index contributed by atoms with van der Waals surface area (Å²) in [5.74, 6) is 0.283. The standard InChI is InChI=1S/C22H29N5S/c1-4-5-21-7-6-19(10-16(2)25-15-28-21)17(3)27-9-8-20-11-18(14-27)13-24-22(12-23)26-20/h6-7,10-11,13,15-17,20-21H,4-5,8-9,14H2,1-3H3/b7-6-,19-10+,25-15?/t16?,17-,20?,21+/m0/s1. The van der Waals surface area contributed by atoms with Gasteiger partial charge in [-0.3, -0.25) is 9.89 Å². The van der Waals surface area contributed by atoms with Gasteiger partial charge < -0.3 is 0 Å². The van der Waals surface area contributed by atoms with Crippen molar-refractivity contribution in [2.24, 2.45) is 15.0 Å². The Balaban J connectivity index is 1.78. The third-order valence-electron chi connectivity index (χ3n) is 5.32. The summed E-state index contributed by atoms with van der Waals surface area (Å²) in [6.45, 7) is 8.42. The molecule has 0 radical (unpaired) electrons. The molecule has 2 bridgehead atoms. The molecule has 4 atom stereocenters. The first-order valence-corrected chi connectivity index (χ1v) is 11.1. The van der Waals surface area contributed by atoms with Gasteiger partial charge in [-0.1, -0.05) is 37.6 Å². The van der Waals surface area contributed by atoms with E-state index in [4.69, 9.17) is 5.26 Å². The summed E-state index contributed by atoms with van der Waals surface area (Å²) in [5.41, 5.74) is 4.48. The number of amidine groups is 1. The predicted molar refractivity (Wildman–Crippen MR) is 121 cm³/mol. The Morgan fingerprint density at radius 3 is 3.04 bits per heavy atom. The van der Waals surface area contributed by atoms with Crippen LogP contribution in [-0.2, 0) is 0 Å². The van der Waals surface area contributed by atoms with Crippen LogP contribution in [0.5, 0.6) is 0 Å². The number of nitriles is 1. The van der Waals surface area contributed by atoms with Crippen LogP contribution in [0.1, 0.15) is 40.0 Å². The van der Waals surface area contributed by atoms with Crippen LogP contribution in [-0.4, -0.2) is 59.0 Å². The summed E-state index contributed by atoms with van der Waals surface area (Å²) in [5, 5.41) is 9.60. The summed E-state index contributed by atoms with van der Waals surface area (Å²) in [7, 11) is 0. The van der Waals surface area contributed by atoms with Gasteiger partial charge in [0.2, 0.25) is 5.84 Å². The van der Waals surface area contributed by atoms with Gasteiger partial charge in [0.25, 0.3) is 0 Å². The van der Waals surface area contributed by atoms with Gasteiger partial charge >= 0.3 is 0 Å². The van der Waals surface area contributed by atoms with Crippen LogP contribution in [0.15, 0.2) is 50.4 Å². The number of rotatable bonds is 4. The highest BCUT2D eigenvalue weighted by molar-refractivity contribution is 8.12. The van der Waals surface area contributed by atoms with Crippen LogP contribution >= 0.6 is 11.8 Å². The van der Waals surface area contributed by atoms with Crippen molar-refractivity contribution in [1.82, 2.24) is 4.90 Å². The van der Waals surface area contributed by atoms with Crippen molar-refractivity contribution in [3.8, 4) is 6.07 Å². The van der Waals surface area contributed by atoms with Gasteiger partial charge in [-0.05, 0) is 37.8 Å². The van der Waals surface area contributed by atoms with E-state index < -0.39 is 0 Å². The van der Waals surface area contributed by atoms with Crippen LogP contribution < -0.4 is 0 Å². The first-order chi connectivity index (χ1) is 13.6. The van der Waals surface area contributed by atoms with Crippen molar-refractivity contribution in [2.45, 2.75) is 63.4 Å². The lowest BCUT2D eigenvalue weighted by molar-refractivity contribution is 0.257. The first-order valence-electron chi connectivity index (χ1n) is 10.1. The molecule has 0 saturated heterocycles. The predicted octanol–water partition coefficient (Wildman–Crippen LogP) is 4.20. The molecule has 0 aliphatic carbocycles. The van der Waals surface area contributed by atoms with E-state index in [1.807, 2.05) is 17.3 Å². The number of nitrogens with zero attached hydrogens (tertiary/aromatic N) is 5. The molecule has 3 heterocycles. The SMILES string of the molecule is CCC[C@@H]1/C=C\C([C@H](C)N2CCC3C=C(C=NC(C#N)=N3)C2)=C/C(C)N=CS1. The van der Waals surface area contributed by atoms with Gasteiger partial charge in [-0.2, -0.15) is 5.26 Å². The highest BCUT2D eigenvalue weighted by atomic mass is 32.2. The second kappa shape index (κ2) is 9.99. The number of fused-ring (bicyclic) bond motifs is 1. The summed E-state index contributed by atoms with van der Waals surface area (Å²) >= 11 is 1.82. The Morgan fingerprint density at radius 2 is 2.25 bits per heavy atom. The minimum absolute atomic E-state index is 0.0447. The third-order valence-corrected chi connectivity index (χ3v) is 6.30. The van der Waals surface area contributed by atoms with Gasteiger partial charge in [0.15, 0.2) is 0 Å². The molecule has 3 aliphatic heterocycles. The monoisotopic (exact) mass is 395 g/mol. The molecule has 0 amide bonds. The molecule has 0 aromatic heterocycles. The van der Waals surface area contributed by atoms with Gasteiger partial charge in [-0.25, -0.2) is 9.98 Å². The lowest BCUT2D eigenvalue weighted by Gasteiger charge is -2.30. The molecule has 0 fully saturated rings. The van der Waals surface area contributed by atoms with E-state index in [1.54, 1.807) is 6.21 Å². The number of aliphatic imine (C=N–C) groups is 3. The molecule has 3 aliphatic rings. The highest BCUT2D eigenvalue weighted by Crippen LogP contribution is 2.24. The minimum atomic E-state index is 0.0447. The largest absolute Gasteiger partial charge is 0.292 e. The van der Waals surface area contributed by atoms with Crippen LogP contribution in [0.25, 0.3) is 0 Å². The molecule has 148 valence electrons. The molecule has 0 N–H and O–H groups in total. The zero-order valence-electron chi connectivity index (χ0n) is 17.0. The van der Waals surface area contributed by atoms with Crippen molar-refractivity contribution in [2.75, 3.05) is 13.1 Å². The van der Waals surface area contributed by atoms with Gasteiger partial charge in [-0.15, -0.1) is 11.8 Å². The van der Waals surface area contributed by atoms with Gasteiger partial charge in [0.1, 0.15) is 6.07 Å². The van der Waals surface area contributed by atoms with Gasteiger partial charge in [0, 0.05) is 30.6 Å². The molecule has 5 nitrogen and oxygen atoms in total. The van der Waals surface area contributed by atoms with E-state index in [9.17, 15) is 0 Å². The Hall–Kier alpha value is -1.97. The summed E-state index contributed by atoms with van der Waals surface area (Å²) < 4.78 is 0. The molecule has 3 rings (SSSR count). The van der Waals surface area contributed by atoms with Crippen molar-refractivity contribution in [1.29, 1.82) is 5.26 Å². The van der Waals surface area contributed by atoms with E-state index in [0.29, 0.717) is 5.25 Å². The fraction of sp³-hybridized carbons (Fsp3) is 0.545. The molecule has 0 spiro atoms. The maximum atomic E-state index is 9.12. The lowest BCUT2D eigenvalue weighted by atomic mass is 10.0. The van der Waals surface area contributed by atoms with Gasteiger partial charge in [0.05, 0.1) is 17.6 Å². The average molecular weight is 396 g/mol. The number of thioether (sulfide) groups is 1. The van der Waals surface area contributed by atoms with Crippen LogP contribution in [0.3, 0.4) is 0 Å². The van der Waals surface area contributed by atoms with E-state index in [1.165, 1.54) is 12.0 Å². The first kappa shape index (κ1) is 20.8. The smallest absolute Gasteiger partial charge is 0.228 e. The maximum Gasteiger partial charge on any atom is 0.228 e. The van der Waals surface area contributed by atoms with Crippen molar-refractivity contribution in [3.63, 3.8) is 0 Å². The molecule has 6 heteroatoms. The van der Waals surface area contributed by atoms with E-state index in [0.717, 1.165) is 31.5 Å². The highest BCUT2D eigenvalue weighted by Gasteiger charge is 2.24. The fourth-order valence-electron chi connectivity index (χ4n) is 3.69. The quantitative estimate of drug-likeness (QED) is 0.717. The summed E-state index contributed by atoms with van der Waals surface area (Å²) in [4.78, 5) is 15.9. The van der Waals surface area contributed by atoms with Crippen LogP contribution in [0.4, 0.5) is 0 Å². The van der Waals surface area contributed by atoms with Crippen molar-refractivity contribution in [3.05, 3.63) is 35.5 Å². The second-order valence-electron chi connectivity index (χ2n) is 7.55. The maximum absolute atomic E-state index is 9.12. The molecule has 0 aromatic carbocycles. The lowest BCUT2D eigenvalue weighted by Crippen LogP contribution is -2.37. The molecule has 28 heavy (non-hydrogen) atoms. The Kier molecular flexibility index (Phi) is 7.41. The summed E-state index contributed by atoms with van der Waals surface area (Å²) in [6.07, 6.45) is 14.1. The molecule has 0 aromatic rings.